The Labute approximate surface area is 268 Å². The number of hydrogen-bond donors (Lipinski definition) is 0. The number of rotatable bonds is 12. The first-order valence-electron chi connectivity index (χ1n) is 15.3. The van der Waals surface area contributed by atoms with Gasteiger partial charge in [-0.2, -0.15) is 8.78 Å². The number of hydrogen-bond acceptors (Lipinski definition) is 4. The average Bonchev–Trinajstić information content (AvgIpc) is 3.02. The molecule has 0 aromatic heterocycles. The molecule has 0 unspecified atom stereocenters. The van der Waals surface area contributed by atoms with Crippen molar-refractivity contribution < 1.29 is 49.7 Å². The van der Waals surface area contributed by atoms with Crippen LogP contribution in [0.4, 0.5) is 30.7 Å². The average molecular weight is 663 g/mol. The van der Waals surface area contributed by atoms with Crippen molar-refractivity contribution in [3.8, 4) is 33.8 Å². The van der Waals surface area contributed by atoms with Gasteiger partial charge < -0.3 is 18.9 Å². The lowest BCUT2D eigenvalue weighted by atomic mass is 9.97. The summed E-state index contributed by atoms with van der Waals surface area (Å²) in [5.41, 5.74) is -0.483. The van der Waals surface area contributed by atoms with Crippen LogP contribution >= 0.6 is 0 Å². The first-order valence-corrected chi connectivity index (χ1v) is 15.3. The van der Waals surface area contributed by atoms with Crippen molar-refractivity contribution in [1.82, 2.24) is 0 Å². The molecular formula is C36H33F7O4. The van der Waals surface area contributed by atoms with Crippen molar-refractivity contribution in [1.29, 1.82) is 0 Å². The second kappa shape index (κ2) is 14.8. The van der Waals surface area contributed by atoms with Crippen LogP contribution in [0.3, 0.4) is 0 Å². The molecular weight excluding hydrogens is 629 g/mol. The highest BCUT2D eigenvalue weighted by molar-refractivity contribution is 5.71. The van der Waals surface area contributed by atoms with E-state index < -0.39 is 58.5 Å². The van der Waals surface area contributed by atoms with E-state index in [1.807, 2.05) is 12.1 Å². The number of halogens is 7. The first-order chi connectivity index (χ1) is 22.5. The highest BCUT2D eigenvalue weighted by Gasteiger charge is 2.41. The van der Waals surface area contributed by atoms with Crippen LogP contribution in [-0.2, 0) is 15.6 Å². The first kappa shape index (κ1) is 34.3. The third kappa shape index (κ3) is 7.90. The Balaban J connectivity index is 1.29. The fourth-order valence-corrected chi connectivity index (χ4v) is 5.43. The Kier molecular flexibility index (Phi) is 10.8. The lowest BCUT2D eigenvalue weighted by Crippen LogP contribution is -2.27. The van der Waals surface area contributed by atoms with Crippen LogP contribution in [0.25, 0.3) is 22.3 Å². The van der Waals surface area contributed by atoms with Gasteiger partial charge >= 0.3 is 6.11 Å². The van der Waals surface area contributed by atoms with Gasteiger partial charge in [-0.25, -0.2) is 22.0 Å². The van der Waals surface area contributed by atoms with Crippen molar-refractivity contribution in [2.75, 3.05) is 19.8 Å². The van der Waals surface area contributed by atoms with Crippen molar-refractivity contribution in [3.63, 3.8) is 0 Å². The predicted octanol–water partition coefficient (Wildman–Crippen LogP) is 10.5. The summed E-state index contributed by atoms with van der Waals surface area (Å²) < 4.78 is 124. The molecule has 0 spiro atoms. The van der Waals surface area contributed by atoms with E-state index in [4.69, 9.17) is 14.2 Å². The van der Waals surface area contributed by atoms with Gasteiger partial charge in [0.1, 0.15) is 28.8 Å². The van der Waals surface area contributed by atoms with Gasteiger partial charge in [0.2, 0.25) is 0 Å². The molecule has 4 nitrogen and oxygen atoms in total. The summed E-state index contributed by atoms with van der Waals surface area (Å²) in [7, 11) is 0. The van der Waals surface area contributed by atoms with Gasteiger partial charge in [-0.15, -0.1) is 0 Å². The summed E-state index contributed by atoms with van der Waals surface area (Å²) >= 11 is 0. The van der Waals surface area contributed by atoms with Crippen LogP contribution in [0.5, 0.6) is 11.5 Å². The summed E-state index contributed by atoms with van der Waals surface area (Å²) in [6.07, 6.45) is -0.657. The highest BCUT2D eigenvalue weighted by Crippen LogP contribution is 2.39. The third-order valence-electron chi connectivity index (χ3n) is 7.82. The molecule has 1 aliphatic rings. The molecule has 0 radical (unpaired) electrons. The zero-order valence-corrected chi connectivity index (χ0v) is 25.7. The molecule has 0 N–H and O–H groups in total. The van der Waals surface area contributed by atoms with E-state index >= 15 is 4.39 Å². The Morgan fingerprint density at radius 3 is 1.87 bits per heavy atom. The van der Waals surface area contributed by atoms with Gasteiger partial charge in [0.25, 0.3) is 0 Å². The maximum atomic E-state index is 15.2. The molecule has 0 saturated carbocycles. The molecule has 5 rings (SSSR count). The molecule has 250 valence electrons. The van der Waals surface area contributed by atoms with Gasteiger partial charge in [0.15, 0.2) is 23.7 Å². The SMILES string of the molecule is CCCCCC1COC(c2ccc(-c3ccc(-c4cc(F)c(C(F)(F)Oc5cc(F)c(OCC)c(F)c5)c(F)c4)c(F)c3)cc2)OC1. The molecule has 1 heterocycles. The molecule has 1 aliphatic heterocycles. The molecule has 1 saturated heterocycles. The van der Waals surface area contributed by atoms with Crippen molar-refractivity contribution in [2.24, 2.45) is 5.92 Å². The van der Waals surface area contributed by atoms with Crippen molar-refractivity contribution in [3.05, 3.63) is 107 Å². The molecule has 0 aliphatic carbocycles. The molecule has 0 amide bonds. The van der Waals surface area contributed by atoms with Gasteiger partial charge in [-0.1, -0.05) is 62.6 Å². The summed E-state index contributed by atoms with van der Waals surface area (Å²) in [6, 6.07) is 13.0. The Morgan fingerprint density at radius 2 is 1.30 bits per heavy atom. The second-order valence-electron chi connectivity index (χ2n) is 11.3. The maximum absolute atomic E-state index is 15.2. The largest absolute Gasteiger partial charge is 0.488 e. The van der Waals surface area contributed by atoms with E-state index in [2.05, 4.69) is 11.7 Å². The lowest BCUT2D eigenvalue weighted by Gasteiger charge is -2.29. The van der Waals surface area contributed by atoms with E-state index in [9.17, 15) is 26.3 Å². The van der Waals surface area contributed by atoms with E-state index in [0.29, 0.717) is 54.5 Å². The van der Waals surface area contributed by atoms with Crippen molar-refractivity contribution >= 4 is 0 Å². The fraction of sp³-hybridized carbons (Fsp3) is 0.333. The van der Waals surface area contributed by atoms with E-state index in [0.717, 1.165) is 30.9 Å². The quantitative estimate of drug-likeness (QED) is 0.112. The highest BCUT2D eigenvalue weighted by atomic mass is 19.3. The minimum absolute atomic E-state index is 0.102. The predicted molar refractivity (Wildman–Crippen MR) is 162 cm³/mol. The molecule has 1 fully saturated rings. The number of benzene rings is 4. The topological polar surface area (TPSA) is 36.9 Å². The molecule has 0 bridgehead atoms. The molecule has 47 heavy (non-hydrogen) atoms. The normalized spacial score (nSPS) is 16.7. The zero-order chi connectivity index (χ0) is 33.7. The minimum Gasteiger partial charge on any atom is -0.488 e. The van der Waals surface area contributed by atoms with Gasteiger partial charge in [0.05, 0.1) is 19.8 Å². The summed E-state index contributed by atoms with van der Waals surface area (Å²) in [5, 5.41) is 0. The zero-order valence-electron chi connectivity index (χ0n) is 25.7. The van der Waals surface area contributed by atoms with Crippen LogP contribution < -0.4 is 9.47 Å². The molecule has 4 aromatic carbocycles. The van der Waals surface area contributed by atoms with E-state index in [-0.39, 0.29) is 17.7 Å². The fourth-order valence-electron chi connectivity index (χ4n) is 5.43. The third-order valence-corrected chi connectivity index (χ3v) is 7.82. The van der Waals surface area contributed by atoms with E-state index in [1.54, 1.807) is 12.1 Å². The summed E-state index contributed by atoms with van der Waals surface area (Å²) in [4.78, 5) is 0. The van der Waals surface area contributed by atoms with E-state index in [1.165, 1.54) is 25.5 Å². The summed E-state index contributed by atoms with van der Waals surface area (Å²) in [5.74, 6) is -8.53. The van der Waals surface area contributed by atoms with Gasteiger partial charge in [-0.05, 0) is 48.2 Å². The second-order valence-corrected chi connectivity index (χ2v) is 11.3. The van der Waals surface area contributed by atoms with Crippen LogP contribution in [0.15, 0.2) is 66.7 Å². The maximum Gasteiger partial charge on any atom is 0.432 e. The number of unbranched alkanes of at least 4 members (excludes halogenated alkanes) is 2. The number of alkyl halides is 2. The number of ether oxygens (including phenoxy) is 4. The smallest absolute Gasteiger partial charge is 0.432 e. The van der Waals surface area contributed by atoms with Gasteiger partial charge in [-0.3, -0.25) is 0 Å². The molecule has 0 atom stereocenters. The Morgan fingerprint density at radius 1 is 0.702 bits per heavy atom. The van der Waals surface area contributed by atoms with Crippen molar-refractivity contribution in [2.45, 2.75) is 51.9 Å². The standard InChI is InChI=1S/C36H33F7O4/c1-3-5-6-7-21-19-45-35(46-20-21)23-10-8-22(9-11-23)24-12-13-27(28(37)14-24)25-15-29(38)33(30(39)16-25)36(42,43)47-26-17-31(40)34(44-4-2)32(41)18-26/h8-18,21,35H,3-7,19-20H2,1-2H3. The molecule has 4 aromatic rings. The van der Waals surface area contributed by atoms with Crippen LogP contribution in [0.2, 0.25) is 0 Å². The Bertz CT molecular complexity index is 1640. The molecule has 11 heteroatoms. The van der Waals surface area contributed by atoms with Crippen LogP contribution in [0.1, 0.15) is 56.9 Å². The Hall–Kier alpha value is -4.09. The monoisotopic (exact) mass is 662 g/mol. The summed E-state index contributed by atoms with van der Waals surface area (Å²) in [6.45, 7) is 4.73. The van der Waals surface area contributed by atoms with Crippen LogP contribution in [-0.4, -0.2) is 19.8 Å². The minimum atomic E-state index is -4.68. The van der Waals surface area contributed by atoms with Crippen LogP contribution in [0, 0.1) is 35.0 Å². The lowest BCUT2D eigenvalue weighted by molar-refractivity contribution is -0.206. The van der Waals surface area contributed by atoms with Gasteiger partial charge in [0, 0.05) is 29.2 Å².